The Morgan fingerprint density at radius 1 is 1.27 bits per heavy atom. The van der Waals surface area contributed by atoms with Gasteiger partial charge in [-0.3, -0.25) is 4.68 Å². The van der Waals surface area contributed by atoms with Crippen molar-refractivity contribution in [3.8, 4) is 0 Å². The first-order chi connectivity index (χ1) is 12.6. The SMILES string of the molecule is CCCN1CCC(CNCc2c(C)nn(Cc3ccccc3Cl)c2C)C1. The van der Waals surface area contributed by atoms with Crippen LogP contribution in [0, 0.1) is 19.8 Å². The highest BCUT2D eigenvalue weighted by molar-refractivity contribution is 6.31. The Bertz CT molecular complexity index is 725. The molecule has 1 fully saturated rings. The molecule has 4 nitrogen and oxygen atoms in total. The fraction of sp³-hybridized carbons (Fsp3) is 0.571. The molecule has 1 N–H and O–H groups in total. The highest BCUT2D eigenvalue weighted by Gasteiger charge is 2.21. The van der Waals surface area contributed by atoms with Crippen molar-refractivity contribution < 1.29 is 0 Å². The average Bonchev–Trinajstić information content (AvgIpc) is 3.17. The largest absolute Gasteiger partial charge is 0.312 e. The third-order valence-electron chi connectivity index (χ3n) is 5.45. The van der Waals surface area contributed by atoms with Crippen LogP contribution in [0.4, 0.5) is 0 Å². The predicted octanol–water partition coefficient (Wildman–Crippen LogP) is 4.02. The number of aromatic nitrogens is 2. The van der Waals surface area contributed by atoms with E-state index in [1.807, 2.05) is 18.2 Å². The van der Waals surface area contributed by atoms with Crippen LogP contribution >= 0.6 is 11.6 Å². The van der Waals surface area contributed by atoms with E-state index in [0.717, 1.165) is 41.8 Å². The van der Waals surface area contributed by atoms with E-state index in [2.05, 4.69) is 41.7 Å². The second kappa shape index (κ2) is 9.03. The van der Waals surface area contributed by atoms with E-state index < -0.39 is 0 Å². The molecule has 2 heterocycles. The first kappa shape index (κ1) is 19.4. The van der Waals surface area contributed by atoms with Crippen LogP contribution in [0.5, 0.6) is 0 Å². The lowest BCUT2D eigenvalue weighted by molar-refractivity contribution is 0.322. The third-order valence-corrected chi connectivity index (χ3v) is 5.82. The molecule has 142 valence electrons. The fourth-order valence-electron chi connectivity index (χ4n) is 3.93. The predicted molar refractivity (Wildman–Crippen MR) is 109 cm³/mol. The third kappa shape index (κ3) is 4.67. The van der Waals surface area contributed by atoms with Crippen molar-refractivity contribution >= 4 is 11.6 Å². The standard InChI is InChI=1S/C21H31ClN4/c1-4-10-25-11-9-18(14-25)12-23-13-20-16(2)24-26(17(20)3)15-19-7-5-6-8-21(19)22/h5-8,18,23H,4,9-15H2,1-3H3. The minimum absolute atomic E-state index is 0.723. The molecule has 1 aromatic heterocycles. The zero-order valence-electron chi connectivity index (χ0n) is 16.3. The van der Waals surface area contributed by atoms with Crippen LogP contribution in [-0.2, 0) is 13.1 Å². The number of halogens is 1. The van der Waals surface area contributed by atoms with Crippen molar-refractivity contribution in [1.29, 1.82) is 0 Å². The summed E-state index contributed by atoms with van der Waals surface area (Å²) in [5.74, 6) is 0.778. The Morgan fingerprint density at radius 2 is 2.08 bits per heavy atom. The van der Waals surface area contributed by atoms with Crippen molar-refractivity contribution in [1.82, 2.24) is 20.0 Å². The molecule has 0 radical (unpaired) electrons. The van der Waals surface area contributed by atoms with Gasteiger partial charge in [-0.1, -0.05) is 36.7 Å². The summed E-state index contributed by atoms with van der Waals surface area (Å²) in [5.41, 5.74) is 4.77. The molecule has 2 aromatic rings. The fourth-order valence-corrected chi connectivity index (χ4v) is 4.13. The monoisotopic (exact) mass is 374 g/mol. The van der Waals surface area contributed by atoms with Crippen LogP contribution in [-0.4, -0.2) is 40.9 Å². The zero-order valence-corrected chi connectivity index (χ0v) is 17.0. The number of nitrogens with one attached hydrogen (secondary N) is 1. The Balaban J connectivity index is 1.56. The maximum absolute atomic E-state index is 6.31. The van der Waals surface area contributed by atoms with Gasteiger partial charge in [-0.05, 0) is 63.9 Å². The molecule has 0 spiro atoms. The van der Waals surface area contributed by atoms with Gasteiger partial charge in [0, 0.05) is 29.4 Å². The first-order valence-corrected chi connectivity index (χ1v) is 10.2. The molecule has 1 unspecified atom stereocenters. The smallest absolute Gasteiger partial charge is 0.0677 e. The summed E-state index contributed by atoms with van der Waals surface area (Å²) >= 11 is 6.31. The van der Waals surface area contributed by atoms with Gasteiger partial charge < -0.3 is 10.2 Å². The topological polar surface area (TPSA) is 33.1 Å². The molecular formula is C21H31ClN4. The highest BCUT2D eigenvalue weighted by Crippen LogP contribution is 2.20. The number of nitrogens with zero attached hydrogens (tertiary/aromatic N) is 3. The van der Waals surface area contributed by atoms with Crippen molar-refractivity contribution in [2.45, 2.75) is 46.7 Å². The van der Waals surface area contributed by atoms with Gasteiger partial charge in [-0.2, -0.15) is 5.10 Å². The molecule has 1 aromatic carbocycles. The summed E-state index contributed by atoms with van der Waals surface area (Å²) in [5, 5.41) is 9.22. The minimum Gasteiger partial charge on any atom is -0.312 e. The average molecular weight is 375 g/mol. The van der Waals surface area contributed by atoms with Crippen molar-refractivity contribution in [2.75, 3.05) is 26.2 Å². The molecule has 1 saturated heterocycles. The van der Waals surface area contributed by atoms with Gasteiger partial charge in [0.25, 0.3) is 0 Å². The summed E-state index contributed by atoms with van der Waals surface area (Å²) in [7, 11) is 0. The number of aryl methyl sites for hydroxylation is 1. The quantitative estimate of drug-likeness (QED) is 0.757. The van der Waals surface area contributed by atoms with E-state index in [1.54, 1.807) is 0 Å². The second-order valence-corrected chi connectivity index (χ2v) is 7.89. The van der Waals surface area contributed by atoms with Gasteiger partial charge in [-0.25, -0.2) is 0 Å². The van der Waals surface area contributed by atoms with E-state index in [-0.39, 0.29) is 0 Å². The summed E-state index contributed by atoms with van der Waals surface area (Å²) < 4.78 is 2.08. The Kier molecular flexibility index (Phi) is 6.74. The molecule has 0 aliphatic carbocycles. The Hall–Kier alpha value is -1.36. The van der Waals surface area contributed by atoms with Gasteiger partial charge in [0.15, 0.2) is 0 Å². The summed E-state index contributed by atoms with van der Waals surface area (Å²) in [4.78, 5) is 2.59. The molecule has 1 aliphatic rings. The molecule has 1 atom stereocenters. The number of benzene rings is 1. The molecule has 5 heteroatoms. The van der Waals surface area contributed by atoms with Gasteiger partial charge in [0.05, 0.1) is 12.2 Å². The van der Waals surface area contributed by atoms with Crippen molar-refractivity contribution in [2.24, 2.45) is 5.92 Å². The molecule has 26 heavy (non-hydrogen) atoms. The summed E-state index contributed by atoms with van der Waals surface area (Å²) in [6.45, 7) is 13.0. The molecular weight excluding hydrogens is 344 g/mol. The zero-order chi connectivity index (χ0) is 18.5. The second-order valence-electron chi connectivity index (χ2n) is 7.48. The van der Waals surface area contributed by atoms with E-state index in [0.29, 0.717) is 0 Å². The van der Waals surface area contributed by atoms with Crippen LogP contribution in [0.1, 0.15) is 42.3 Å². The number of hydrogen-bond acceptors (Lipinski definition) is 3. The molecule has 0 saturated carbocycles. The summed E-state index contributed by atoms with van der Waals surface area (Å²) in [6, 6.07) is 8.00. The maximum atomic E-state index is 6.31. The van der Waals surface area contributed by atoms with E-state index in [1.165, 1.54) is 43.7 Å². The van der Waals surface area contributed by atoms with Crippen molar-refractivity contribution in [3.63, 3.8) is 0 Å². The Morgan fingerprint density at radius 3 is 2.85 bits per heavy atom. The van der Waals surface area contributed by atoms with Crippen LogP contribution in [0.15, 0.2) is 24.3 Å². The van der Waals surface area contributed by atoms with Crippen molar-refractivity contribution in [3.05, 3.63) is 51.8 Å². The maximum Gasteiger partial charge on any atom is 0.0677 e. The molecule has 0 bridgehead atoms. The molecule has 1 aliphatic heterocycles. The van der Waals surface area contributed by atoms with E-state index in [9.17, 15) is 0 Å². The lowest BCUT2D eigenvalue weighted by Crippen LogP contribution is -2.27. The number of rotatable bonds is 8. The first-order valence-electron chi connectivity index (χ1n) is 9.77. The van der Waals surface area contributed by atoms with Crippen LogP contribution in [0.25, 0.3) is 0 Å². The van der Waals surface area contributed by atoms with Gasteiger partial charge in [0.1, 0.15) is 0 Å². The lowest BCUT2D eigenvalue weighted by atomic mass is 10.1. The van der Waals surface area contributed by atoms with Gasteiger partial charge in [0.2, 0.25) is 0 Å². The van der Waals surface area contributed by atoms with Crippen LogP contribution < -0.4 is 5.32 Å². The lowest BCUT2D eigenvalue weighted by Gasteiger charge is -2.15. The normalized spacial score (nSPS) is 17.9. The minimum atomic E-state index is 0.723. The number of hydrogen-bond donors (Lipinski definition) is 1. The Labute approximate surface area is 162 Å². The molecule has 3 rings (SSSR count). The highest BCUT2D eigenvalue weighted by atomic mass is 35.5. The van der Waals surface area contributed by atoms with Gasteiger partial charge >= 0.3 is 0 Å². The molecule has 0 amide bonds. The van der Waals surface area contributed by atoms with E-state index in [4.69, 9.17) is 16.7 Å². The van der Waals surface area contributed by atoms with Crippen LogP contribution in [0.3, 0.4) is 0 Å². The summed E-state index contributed by atoms with van der Waals surface area (Å²) in [6.07, 6.45) is 2.57. The number of likely N-dealkylation sites (tertiary alicyclic amines) is 1. The van der Waals surface area contributed by atoms with Crippen LogP contribution in [0.2, 0.25) is 5.02 Å². The van der Waals surface area contributed by atoms with E-state index >= 15 is 0 Å². The van der Waals surface area contributed by atoms with Gasteiger partial charge in [-0.15, -0.1) is 0 Å².